The van der Waals surface area contributed by atoms with Gasteiger partial charge in [-0.2, -0.15) is 0 Å². The number of hydrogen-bond acceptors (Lipinski definition) is 2. The van der Waals surface area contributed by atoms with Crippen molar-refractivity contribution in [2.45, 2.75) is 25.9 Å². The van der Waals surface area contributed by atoms with Crippen molar-refractivity contribution in [1.82, 2.24) is 0 Å². The van der Waals surface area contributed by atoms with E-state index in [4.69, 9.17) is 11.2 Å². The number of aliphatic hydroxyl groups is 1. The van der Waals surface area contributed by atoms with Crippen LogP contribution in [0.5, 0.6) is 0 Å². The van der Waals surface area contributed by atoms with Gasteiger partial charge in [0.2, 0.25) is 0 Å². The fraction of sp³-hybridized carbons (Fsp3) is 1.00. The van der Waals surface area contributed by atoms with Crippen LogP contribution in [0.15, 0.2) is 0 Å². The van der Waals surface area contributed by atoms with E-state index in [2.05, 4.69) is 29.5 Å². The Morgan fingerprint density at radius 2 is 2.58 bits per heavy atom. The second-order valence-electron chi connectivity index (χ2n) is 3.41. The van der Waals surface area contributed by atoms with Crippen molar-refractivity contribution in [3.8, 4) is 0 Å². The van der Waals surface area contributed by atoms with Crippen molar-refractivity contribution in [2.75, 3.05) is 17.6 Å². The summed E-state index contributed by atoms with van der Waals surface area (Å²) in [4.78, 5) is 0. The van der Waals surface area contributed by atoms with Gasteiger partial charge in [-0.3, -0.25) is 0 Å². The molecule has 1 saturated heterocycles. The summed E-state index contributed by atoms with van der Waals surface area (Å²) in [6.07, 6.45) is 1.82. The minimum atomic E-state index is -0.343. The molecule has 1 fully saturated rings. The molecule has 1 aliphatic rings. The maximum Gasteiger partial charge on any atom is 0.0637 e. The second-order valence-corrected chi connectivity index (χ2v) is 4.29. The van der Waals surface area contributed by atoms with Crippen LogP contribution >= 0.6 is 22.6 Å². The molecule has 72 valence electrons. The largest absolute Gasteiger partial charge is 0.396 e. The van der Waals surface area contributed by atoms with Gasteiger partial charge in [-0.25, -0.2) is 0 Å². The fourth-order valence-electron chi connectivity index (χ4n) is 1.66. The number of alkyl halides is 1. The molecule has 1 rings (SSSR count). The predicted octanol–water partition coefficient (Wildman–Crippen LogP) is 1.85. The topological polar surface area (TPSA) is 29.5 Å². The zero-order valence-electron chi connectivity index (χ0n) is 8.37. The Bertz CT molecular complexity index is 157. The van der Waals surface area contributed by atoms with E-state index >= 15 is 0 Å². The summed E-state index contributed by atoms with van der Waals surface area (Å²) in [5.41, 5.74) is 0. The quantitative estimate of drug-likeness (QED) is 0.631. The average Bonchev–Trinajstić information content (AvgIpc) is 2.41. The molecule has 3 heteroatoms. The monoisotopic (exact) mass is 286 g/mol. The number of aliphatic hydroxyl groups excluding tert-OH is 1. The van der Waals surface area contributed by atoms with E-state index in [9.17, 15) is 0 Å². The van der Waals surface area contributed by atoms with Crippen LogP contribution in [0.1, 0.15) is 21.1 Å². The summed E-state index contributed by atoms with van der Waals surface area (Å²) >= 11 is 2.33. The van der Waals surface area contributed by atoms with E-state index in [0.29, 0.717) is 11.8 Å². The molecule has 0 aliphatic carbocycles. The summed E-state index contributed by atoms with van der Waals surface area (Å²) in [7, 11) is 0. The van der Waals surface area contributed by atoms with Gasteiger partial charge in [0.05, 0.1) is 7.47 Å². The Morgan fingerprint density at radius 3 is 3.00 bits per heavy atom. The molecule has 0 aromatic heterocycles. The van der Waals surface area contributed by atoms with Crippen LogP contribution in [0.25, 0.3) is 0 Å². The minimum Gasteiger partial charge on any atom is -0.396 e. The summed E-state index contributed by atoms with van der Waals surface area (Å²) in [5, 5.41) is 8.87. The van der Waals surface area contributed by atoms with Crippen LogP contribution in [-0.2, 0) is 4.74 Å². The molecule has 1 N–H and O–H groups in total. The van der Waals surface area contributed by atoms with Crippen LogP contribution in [0.2, 0.25) is 0 Å². The number of ether oxygens (including phenoxy) is 1. The van der Waals surface area contributed by atoms with Crippen LogP contribution in [-0.4, -0.2) is 28.8 Å². The molecule has 0 aromatic carbocycles. The SMILES string of the molecule is [3H][C@H]1C[C@H](C)[C@@H]([C@H](CI)CCO)O1. The summed E-state index contributed by atoms with van der Waals surface area (Å²) in [6.45, 7) is 2.02. The highest BCUT2D eigenvalue weighted by Gasteiger charge is 2.30. The van der Waals surface area contributed by atoms with Crippen LogP contribution in [0.4, 0.5) is 0 Å². The molecule has 0 spiro atoms. The first kappa shape index (κ1) is 9.21. The predicted molar refractivity (Wildman–Crippen MR) is 57.6 cm³/mol. The van der Waals surface area contributed by atoms with Gasteiger partial charge in [-0.15, -0.1) is 0 Å². The smallest absolute Gasteiger partial charge is 0.0637 e. The van der Waals surface area contributed by atoms with Crippen molar-refractivity contribution >= 4 is 22.6 Å². The molecular weight excluding hydrogens is 267 g/mol. The second kappa shape index (κ2) is 5.40. The molecule has 4 atom stereocenters. The van der Waals surface area contributed by atoms with Crippen molar-refractivity contribution in [3.63, 3.8) is 0 Å². The first-order chi connectivity index (χ1) is 6.19. The van der Waals surface area contributed by atoms with Gasteiger partial charge in [0.15, 0.2) is 0 Å². The molecular formula is C9H17IO2. The fourth-order valence-corrected chi connectivity index (χ4v) is 2.60. The third-order valence-corrected chi connectivity index (χ3v) is 3.58. The van der Waals surface area contributed by atoms with Crippen molar-refractivity contribution in [2.24, 2.45) is 11.8 Å². The van der Waals surface area contributed by atoms with E-state index in [1.807, 2.05) is 0 Å². The first-order valence-electron chi connectivity index (χ1n) is 5.01. The average molecular weight is 286 g/mol. The van der Waals surface area contributed by atoms with E-state index < -0.39 is 0 Å². The number of rotatable bonds is 4. The van der Waals surface area contributed by atoms with Gasteiger partial charge in [-0.05, 0) is 24.7 Å². The lowest BCUT2D eigenvalue weighted by Gasteiger charge is -2.23. The molecule has 1 aliphatic heterocycles. The third kappa shape index (κ3) is 2.57. The highest BCUT2D eigenvalue weighted by Crippen LogP contribution is 2.29. The number of hydrogen-bond donors (Lipinski definition) is 1. The molecule has 0 amide bonds. The standard InChI is InChI=1S/C9H17IO2/c1-7-3-5-12-9(7)8(6-10)2-4-11/h7-9,11H,2-6H2,1H3/t7-,8-,9-/m0/s1/i5T/t5-,7-,8-,9-. The highest BCUT2D eigenvalue weighted by atomic mass is 127. The molecule has 0 bridgehead atoms. The maximum atomic E-state index is 8.87. The van der Waals surface area contributed by atoms with Crippen LogP contribution in [0, 0.1) is 11.8 Å². The van der Waals surface area contributed by atoms with Gasteiger partial charge < -0.3 is 9.84 Å². The Labute approximate surface area is 89.2 Å². The molecule has 0 unspecified atom stereocenters. The van der Waals surface area contributed by atoms with Gasteiger partial charge in [0.25, 0.3) is 0 Å². The lowest BCUT2D eigenvalue weighted by molar-refractivity contribution is 0.0445. The van der Waals surface area contributed by atoms with Gasteiger partial charge >= 0.3 is 0 Å². The summed E-state index contributed by atoms with van der Waals surface area (Å²) in [5.74, 6) is 0.879. The zero-order valence-corrected chi connectivity index (χ0v) is 9.53. The lowest BCUT2D eigenvalue weighted by atomic mass is 9.91. The van der Waals surface area contributed by atoms with Gasteiger partial charge in [0, 0.05) is 17.6 Å². The van der Waals surface area contributed by atoms with E-state index in [1.165, 1.54) is 0 Å². The molecule has 0 radical (unpaired) electrons. The molecule has 1 heterocycles. The highest BCUT2D eigenvalue weighted by molar-refractivity contribution is 14.1. The maximum absolute atomic E-state index is 8.87. The minimum absolute atomic E-state index is 0.187. The molecule has 12 heavy (non-hydrogen) atoms. The van der Waals surface area contributed by atoms with Crippen molar-refractivity contribution in [1.29, 1.82) is 0 Å². The van der Waals surface area contributed by atoms with E-state index in [1.54, 1.807) is 0 Å². The Morgan fingerprint density at radius 1 is 1.83 bits per heavy atom. The summed E-state index contributed by atoms with van der Waals surface area (Å²) < 4.78 is 14.0. The molecule has 0 saturated carbocycles. The van der Waals surface area contributed by atoms with Gasteiger partial charge in [-0.1, -0.05) is 29.5 Å². The normalized spacial score (nSPS) is 39.6. The first-order valence-corrected chi connectivity index (χ1v) is 5.96. The third-order valence-electron chi connectivity index (χ3n) is 2.44. The zero-order chi connectivity index (χ0) is 9.84. The van der Waals surface area contributed by atoms with Crippen LogP contribution < -0.4 is 0 Å². The van der Waals surface area contributed by atoms with E-state index in [0.717, 1.165) is 17.3 Å². The lowest BCUT2D eigenvalue weighted by Crippen LogP contribution is -2.27. The molecule has 2 nitrogen and oxygen atoms in total. The molecule has 0 aromatic rings. The Kier molecular flexibility index (Phi) is 4.14. The van der Waals surface area contributed by atoms with Crippen molar-refractivity contribution < 1.29 is 11.2 Å². The summed E-state index contributed by atoms with van der Waals surface area (Å²) in [6, 6.07) is 0. The van der Waals surface area contributed by atoms with Crippen LogP contribution in [0.3, 0.4) is 0 Å². The number of halogens is 1. The van der Waals surface area contributed by atoms with Crippen molar-refractivity contribution in [3.05, 3.63) is 0 Å². The van der Waals surface area contributed by atoms with Gasteiger partial charge in [0.1, 0.15) is 0 Å². The van der Waals surface area contributed by atoms with E-state index in [-0.39, 0.29) is 19.3 Å². The Balaban J connectivity index is 2.48. The Hall–Kier alpha value is 0.650.